The molecule has 0 spiro atoms. The number of hydrogen-bond acceptors (Lipinski definition) is 4. The van der Waals surface area contributed by atoms with Crippen molar-refractivity contribution in [3.8, 4) is 0 Å². The Hall–Kier alpha value is -1.92. The molecular weight excluding hydrogens is 200 g/mol. The van der Waals surface area contributed by atoms with Crippen molar-refractivity contribution in [2.75, 3.05) is 0 Å². The van der Waals surface area contributed by atoms with Gasteiger partial charge >= 0.3 is 11.7 Å². The monoisotopic (exact) mass is 210 g/mol. The molecular formula is C8H10N4O3. The Morgan fingerprint density at radius 3 is 2.73 bits per heavy atom. The molecule has 0 aromatic carbocycles. The second-order valence-electron chi connectivity index (χ2n) is 3.50. The summed E-state index contributed by atoms with van der Waals surface area (Å²) in [5, 5.41) is 15.9. The number of aliphatic carboxylic acids is 1. The molecule has 80 valence electrons. The molecule has 0 saturated heterocycles. The van der Waals surface area contributed by atoms with Gasteiger partial charge in [0, 0.05) is 6.20 Å². The van der Waals surface area contributed by atoms with Crippen LogP contribution in [-0.4, -0.2) is 30.9 Å². The Labute approximate surface area is 84.6 Å². The van der Waals surface area contributed by atoms with Crippen molar-refractivity contribution in [1.29, 1.82) is 0 Å². The van der Waals surface area contributed by atoms with E-state index in [9.17, 15) is 9.59 Å². The molecule has 2 rings (SSSR count). The van der Waals surface area contributed by atoms with Crippen molar-refractivity contribution in [2.45, 2.75) is 25.8 Å². The number of nitrogens with zero attached hydrogens (tertiary/aromatic N) is 4. The van der Waals surface area contributed by atoms with E-state index in [0.717, 1.165) is 23.7 Å². The standard InChI is InChI=1S/C8H10N4O3/c1-5(7(13)14)4-11-8(15)12(10-9-11)6-2-3-6/h4,6H,2-3H2,1H3,(H,13,14)/b5-4+. The molecule has 1 aliphatic carbocycles. The van der Waals surface area contributed by atoms with E-state index < -0.39 is 11.7 Å². The molecule has 0 atom stereocenters. The average Bonchev–Trinajstić information content (AvgIpc) is 2.95. The molecule has 1 aliphatic rings. The van der Waals surface area contributed by atoms with Crippen LogP contribution >= 0.6 is 0 Å². The van der Waals surface area contributed by atoms with Crippen LogP contribution in [0.2, 0.25) is 0 Å². The summed E-state index contributed by atoms with van der Waals surface area (Å²) in [6, 6.07) is 0.143. The fourth-order valence-electron chi connectivity index (χ4n) is 1.14. The van der Waals surface area contributed by atoms with E-state index in [-0.39, 0.29) is 11.6 Å². The number of tetrazole rings is 1. The lowest BCUT2D eigenvalue weighted by Crippen LogP contribution is -2.22. The Balaban J connectivity index is 2.33. The minimum absolute atomic E-state index is 0.0416. The highest BCUT2D eigenvalue weighted by molar-refractivity contribution is 5.89. The second kappa shape index (κ2) is 3.34. The predicted octanol–water partition coefficient (Wildman–Crippen LogP) is -0.280. The zero-order valence-corrected chi connectivity index (χ0v) is 8.12. The van der Waals surface area contributed by atoms with Gasteiger partial charge in [0.2, 0.25) is 0 Å². The van der Waals surface area contributed by atoms with E-state index in [1.807, 2.05) is 0 Å². The van der Waals surface area contributed by atoms with E-state index in [1.165, 1.54) is 11.6 Å². The van der Waals surface area contributed by atoms with Crippen molar-refractivity contribution in [3.05, 3.63) is 16.1 Å². The molecule has 1 fully saturated rings. The highest BCUT2D eigenvalue weighted by atomic mass is 16.4. The third kappa shape index (κ3) is 1.80. The molecule has 1 saturated carbocycles. The van der Waals surface area contributed by atoms with Gasteiger partial charge in [0.25, 0.3) is 0 Å². The van der Waals surface area contributed by atoms with Gasteiger partial charge in [0.05, 0.1) is 11.6 Å². The number of carboxylic acid groups (broad SMARTS) is 1. The van der Waals surface area contributed by atoms with Crippen LogP contribution in [0.15, 0.2) is 10.4 Å². The Kier molecular flexibility index (Phi) is 2.14. The largest absolute Gasteiger partial charge is 0.478 e. The molecule has 15 heavy (non-hydrogen) atoms. The molecule has 0 bridgehead atoms. The summed E-state index contributed by atoms with van der Waals surface area (Å²) >= 11 is 0. The van der Waals surface area contributed by atoms with E-state index in [1.54, 1.807) is 0 Å². The van der Waals surface area contributed by atoms with Gasteiger partial charge in [0.1, 0.15) is 0 Å². The lowest BCUT2D eigenvalue weighted by molar-refractivity contribution is -0.132. The molecule has 0 unspecified atom stereocenters. The van der Waals surface area contributed by atoms with Gasteiger partial charge in [-0.2, -0.15) is 9.36 Å². The summed E-state index contributed by atoms with van der Waals surface area (Å²) in [6.45, 7) is 1.39. The van der Waals surface area contributed by atoms with Gasteiger partial charge in [0.15, 0.2) is 0 Å². The van der Waals surface area contributed by atoms with Crippen LogP contribution in [0.3, 0.4) is 0 Å². The Bertz CT molecular complexity index is 480. The van der Waals surface area contributed by atoms with Gasteiger partial charge in [-0.15, -0.1) is 0 Å². The number of aromatic nitrogens is 4. The summed E-state index contributed by atoms with van der Waals surface area (Å²) in [4.78, 5) is 22.1. The van der Waals surface area contributed by atoms with Crippen LogP contribution in [0.4, 0.5) is 0 Å². The van der Waals surface area contributed by atoms with Crippen molar-refractivity contribution in [2.24, 2.45) is 0 Å². The maximum Gasteiger partial charge on any atom is 0.368 e. The van der Waals surface area contributed by atoms with Crippen molar-refractivity contribution >= 4 is 12.2 Å². The van der Waals surface area contributed by atoms with Gasteiger partial charge < -0.3 is 5.11 Å². The molecule has 0 radical (unpaired) electrons. The molecule has 1 N–H and O–H groups in total. The summed E-state index contributed by atoms with van der Waals surface area (Å²) in [5.74, 6) is -1.08. The van der Waals surface area contributed by atoms with E-state index in [2.05, 4.69) is 10.4 Å². The highest BCUT2D eigenvalue weighted by Crippen LogP contribution is 2.32. The fourth-order valence-corrected chi connectivity index (χ4v) is 1.14. The SMILES string of the molecule is C/C(=C\n1nnn(C2CC2)c1=O)C(=O)O. The molecule has 1 heterocycles. The minimum atomic E-state index is -1.08. The van der Waals surface area contributed by atoms with E-state index in [4.69, 9.17) is 5.11 Å². The van der Waals surface area contributed by atoms with Gasteiger partial charge in [-0.05, 0) is 30.2 Å². The number of carboxylic acids is 1. The molecule has 7 nitrogen and oxygen atoms in total. The lowest BCUT2D eigenvalue weighted by Gasteiger charge is -1.91. The molecule has 0 aliphatic heterocycles. The number of rotatable bonds is 3. The fraction of sp³-hybridized carbons (Fsp3) is 0.500. The Morgan fingerprint density at radius 1 is 1.53 bits per heavy atom. The maximum absolute atomic E-state index is 11.6. The van der Waals surface area contributed by atoms with Crippen LogP contribution in [0.5, 0.6) is 0 Å². The smallest absolute Gasteiger partial charge is 0.368 e. The van der Waals surface area contributed by atoms with Crippen LogP contribution in [-0.2, 0) is 4.79 Å². The first kappa shape index (κ1) is 9.63. The Morgan fingerprint density at radius 2 is 2.20 bits per heavy atom. The lowest BCUT2D eigenvalue weighted by atomic mass is 10.3. The molecule has 1 aromatic heterocycles. The number of hydrogen-bond donors (Lipinski definition) is 1. The third-order valence-corrected chi connectivity index (χ3v) is 2.17. The van der Waals surface area contributed by atoms with Crippen LogP contribution in [0, 0.1) is 0 Å². The second-order valence-corrected chi connectivity index (χ2v) is 3.50. The van der Waals surface area contributed by atoms with Gasteiger partial charge in [-0.25, -0.2) is 9.59 Å². The summed E-state index contributed by atoms with van der Waals surface area (Å²) in [7, 11) is 0. The first-order valence-electron chi connectivity index (χ1n) is 4.55. The molecule has 1 aromatic rings. The predicted molar refractivity (Wildman–Crippen MR) is 50.1 cm³/mol. The average molecular weight is 210 g/mol. The maximum atomic E-state index is 11.6. The molecule has 7 heteroatoms. The van der Waals surface area contributed by atoms with E-state index >= 15 is 0 Å². The van der Waals surface area contributed by atoms with E-state index in [0.29, 0.717) is 0 Å². The summed E-state index contributed by atoms with van der Waals surface area (Å²) in [5.41, 5.74) is -0.349. The summed E-state index contributed by atoms with van der Waals surface area (Å²) in [6.07, 6.45) is 3.02. The van der Waals surface area contributed by atoms with Crippen molar-refractivity contribution < 1.29 is 9.90 Å². The minimum Gasteiger partial charge on any atom is -0.478 e. The first-order valence-corrected chi connectivity index (χ1v) is 4.55. The van der Waals surface area contributed by atoms with Gasteiger partial charge in [-0.1, -0.05) is 0 Å². The zero-order valence-electron chi connectivity index (χ0n) is 8.12. The van der Waals surface area contributed by atoms with Crippen molar-refractivity contribution in [1.82, 2.24) is 19.8 Å². The van der Waals surface area contributed by atoms with Crippen LogP contribution in [0.25, 0.3) is 6.20 Å². The van der Waals surface area contributed by atoms with Gasteiger partial charge in [-0.3, -0.25) is 0 Å². The highest BCUT2D eigenvalue weighted by Gasteiger charge is 2.27. The van der Waals surface area contributed by atoms with Crippen molar-refractivity contribution in [3.63, 3.8) is 0 Å². The molecule has 0 amide bonds. The summed E-state index contributed by atoms with van der Waals surface area (Å²) < 4.78 is 2.23. The van der Waals surface area contributed by atoms with Crippen LogP contribution in [0.1, 0.15) is 25.8 Å². The van der Waals surface area contributed by atoms with Crippen LogP contribution < -0.4 is 5.69 Å². The quantitative estimate of drug-likeness (QED) is 0.693. The normalized spacial score (nSPS) is 16.7. The topological polar surface area (TPSA) is 90.0 Å². The number of carbonyl (C=O) groups is 1. The zero-order chi connectivity index (χ0) is 11.0. The third-order valence-electron chi connectivity index (χ3n) is 2.17. The first-order chi connectivity index (χ1) is 7.09.